The first-order valence-corrected chi connectivity index (χ1v) is 7.36. The highest BCUT2D eigenvalue weighted by atomic mass is 16.5. The monoisotopic (exact) mass is 273 g/mol. The molecule has 1 aliphatic heterocycles. The molecule has 0 spiro atoms. The number of aliphatic hydroxyl groups excluding tert-OH is 1. The molecule has 0 amide bonds. The van der Waals surface area contributed by atoms with Crippen molar-refractivity contribution in [2.24, 2.45) is 0 Å². The Morgan fingerprint density at radius 1 is 1.35 bits per heavy atom. The van der Waals surface area contributed by atoms with E-state index in [1.807, 2.05) is 24.3 Å². The SMILES string of the molecule is CC1CCCN1CCOc1ccc(C#CCCO)cc1. The molecule has 0 bridgehead atoms. The third kappa shape index (κ3) is 4.56. The maximum absolute atomic E-state index is 8.67. The first-order chi connectivity index (χ1) is 9.79. The summed E-state index contributed by atoms with van der Waals surface area (Å²) < 4.78 is 5.77. The van der Waals surface area contributed by atoms with Crippen LogP contribution in [0.3, 0.4) is 0 Å². The lowest BCUT2D eigenvalue weighted by Crippen LogP contribution is -2.31. The van der Waals surface area contributed by atoms with Gasteiger partial charge in [-0.05, 0) is 50.6 Å². The van der Waals surface area contributed by atoms with Crippen molar-refractivity contribution in [2.45, 2.75) is 32.2 Å². The Bertz CT molecular complexity index is 458. The predicted molar refractivity (Wildman–Crippen MR) is 80.8 cm³/mol. The molecular formula is C17H23NO2. The van der Waals surface area contributed by atoms with E-state index in [4.69, 9.17) is 9.84 Å². The lowest BCUT2D eigenvalue weighted by atomic mass is 10.2. The Hall–Kier alpha value is -1.50. The van der Waals surface area contributed by atoms with Crippen LogP contribution in [0.1, 0.15) is 31.7 Å². The number of hydrogen-bond donors (Lipinski definition) is 1. The minimum absolute atomic E-state index is 0.114. The summed E-state index contributed by atoms with van der Waals surface area (Å²) in [6.07, 6.45) is 3.13. The van der Waals surface area contributed by atoms with Crippen molar-refractivity contribution < 1.29 is 9.84 Å². The molecule has 1 unspecified atom stereocenters. The van der Waals surface area contributed by atoms with E-state index in [2.05, 4.69) is 23.7 Å². The Balaban J connectivity index is 1.75. The third-order valence-corrected chi connectivity index (χ3v) is 3.66. The van der Waals surface area contributed by atoms with Crippen molar-refractivity contribution in [1.82, 2.24) is 4.90 Å². The number of aliphatic hydroxyl groups is 1. The smallest absolute Gasteiger partial charge is 0.119 e. The van der Waals surface area contributed by atoms with Gasteiger partial charge in [0.2, 0.25) is 0 Å². The second-order valence-electron chi connectivity index (χ2n) is 5.18. The highest BCUT2D eigenvalue weighted by Crippen LogP contribution is 2.16. The summed E-state index contributed by atoms with van der Waals surface area (Å²) in [6, 6.07) is 8.52. The van der Waals surface area contributed by atoms with Crippen molar-refractivity contribution in [2.75, 3.05) is 26.3 Å². The molecule has 1 aromatic carbocycles. The van der Waals surface area contributed by atoms with Crippen LogP contribution in [-0.4, -0.2) is 42.4 Å². The van der Waals surface area contributed by atoms with E-state index in [0.29, 0.717) is 12.5 Å². The molecule has 2 rings (SSSR count). The van der Waals surface area contributed by atoms with Gasteiger partial charge in [-0.25, -0.2) is 0 Å². The van der Waals surface area contributed by atoms with E-state index in [1.165, 1.54) is 19.4 Å². The fourth-order valence-electron chi connectivity index (χ4n) is 2.46. The normalized spacial score (nSPS) is 18.6. The van der Waals surface area contributed by atoms with E-state index in [-0.39, 0.29) is 6.61 Å². The molecule has 0 radical (unpaired) electrons. The molecule has 3 heteroatoms. The number of hydrogen-bond acceptors (Lipinski definition) is 3. The molecule has 1 N–H and O–H groups in total. The second-order valence-corrected chi connectivity index (χ2v) is 5.18. The molecule has 0 saturated carbocycles. The van der Waals surface area contributed by atoms with Crippen LogP contribution < -0.4 is 4.74 Å². The average Bonchev–Trinajstić information content (AvgIpc) is 2.87. The fourth-order valence-corrected chi connectivity index (χ4v) is 2.46. The molecule has 1 aliphatic rings. The largest absolute Gasteiger partial charge is 0.492 e. The van der Waals surface area contributed by atoms with Crippen LogP contribution in [0.15, 0.2) is 24.3 Å². The van der Waals surface area contributed by atoms with Gasteiger partial charge in [0.25, 0.3) is 0 Å². The van der Waals surface area contributed by atoms with Crippen LogP contribution in [0.25, 0.3) is 0 Å². The van der Waals surface area contributed by atoms with E-state index in [1.54, 1.807) is 0 Å². The van der Waals surface area contributed by atoms with Crippen molar-refractivity contribution in [3.05, 3.63) is 29.8 Å². The van der Waals surface area contributed by atoms with Crippen molar-refractivity contribution in [3.63, 3.8) is 0 Å². The van der Waals surface area contributed by atoms with Crippen molar-refractivity contribution >= 4 is 0 Å². The average molecular weight is 273 g/mol. The summed E-state index contributed by atoms with van der Waals surface area (Å²) >= 11 is 0. The molecule has 3 nitrogen and oxygen atoms in total. The molecule has 1 aromatic rings. The van der Waals surface area contributed by atoms with Gasteiger partial charge in [0.05, 0.1) is 6.61 Å². The van der Waals surface area contributed by atoms with Crippen LogP contribution in [0.4, 0.5) is 0 Å². The molecule has 108 valence electrons. The summed E-state index contributed by atoms with van der Waals surface area (Å²) in [4.78, 5) is 2.48. The minimum Gasteiger partial charge on any atom is -0.492 e. The van der Waals surface area contributed by atoms with Gasteiger partial charge >= 0.3 is 0 Å². The number of likely N-dealkylation sites (tertiary alicyclic amines) is 1. The topological polar surface area (TPSA) is 32.7 Å². The van der Waals surface area contributed by atoms with Gasteiger partial charge < -0.3 is 9.84 Å². The molecule has 1 heterocycles. The maximum Gasteiger partial charge on any atom is 0.119 e. The Labute approximate surface area is 121 Å². The summed E-state index contributed by atoms with van der Waals surface area (Å²) in [5, 5.41) is 8.67. The summed E-state index contributed by atoms with van der Waals surface area (Å²) in [5.74, 6) is 6.81. The summed E-state index contributed by atoms with van der Waals surface area (Å²) in [7, 11) is 0. The van der Waals surface area contributed by atoms with Gasteiger partial charge in [0.1, 0.15) is 12.4 Å². The van der Waals surface area contributed by atoms with Gasteiger partial charge in [-0.1, -0.05) is 11.8 Å². The van der Waals surface area contributed by atoms with E-state index >= 15 is 0 Å². The van der Waals surface area contributed by atoms with Crippen LogP contribution in [0.2, 0.25) is 0 Å². The highest BCUT2D eigenvalue weighted by Gasteiger charge is 2.19. The molecular weight excluding hydrogens is 250 g/mol. The number of benzene rings is 1. The van der Waals surface area contributed by atoms with Gasteiger partial charge in [0, 0.05) is 24.6 Å². The second kappa shape index (κ2) is 7.94. The Morgan fingerprint density at radius 3 is 2.80 bits per heavy atom. The fraction of sp³-hybridized carbons (Fsp3) is 0.529. The van der Waals surface area contributed by atoms with Gasteiger partial charge in [0.15, 0.2) is 0 Å². The third-order valence-electron chi connectivity index (χ3n) is 3.66. The molecule has 0 aromatic heterocycles. The molecule has 1 saturated heterocycles. The predicted octanol–water partition coefficient (Wildman–Crippen LogP) is 2.28. The van der Waals surface area contributed by atoms with Crippen LogP contribution in [-0.2, 0) is 0 Å². The van der Waals surface area contributed by atoms with E-state index < -0.39 is 0 Å². The molecule has 1 fully saturated rings. The number of nitrogens with zero attached hydrogens (tertiary/aromatic N) is 1. The minimum atomic E-state index is 0.114. The Kier molecular flexibility index (Phi) is 5.91. The first kappa shape index (κ1) is 14.9. The lowest BCUT2D eigenvalue weighted by Gasteiger charge is -2.20. The van der Waals surface area contributed by atoms with Crippen molar-refractivity contribution in [3.8, 4) is 17.6 Å². The maximum atomic E-state index is 8.67. The zero-order chi connectivity index (χ0) is 14.2. The van der Waals surface area contributed by atoms with Crippen LogP contribution in [0.5, 0.6) is 5.75 Å². The lowest BCUT2D eigenvalue weighted by molar-refractivity contribution is 0.204. The van der Waals surface area contributed by atoms with E-state index in [9.17, 15) is 0 Å². The molecule has 20 heavy (non-hydrogen) atoms. The molecule has 0 aliphatic carbocycles. The highest BCUT2D eigenvalue weighted by molar-refractivity contribution is 5.38. The van der Waals surface area contributed by atoms with Crippen LogP contribution >= 0.6 is 0 Å². The number of ether oxygens (including phenoxy) is 1. The van der Waals surface area contributed by atoms with Crippen LogP contribution in [0, 0.1) is 11.8 Å². The zero-order valence-corrected chi connectivity index (χ0v) is 12.1. The first-order valence-electron chi connectivity index (χ1n) is 7.36. The van der Waals surface area contributed by atoms with Gasteiger partial charge in [-0.3, -0.25) is 4.90 Å². The van der Waals surface area contributed by atoms with Gasteiger partial charge in [-0.2, -0.15) is 0 Å². The van der Waals surface area contributed by atoms with Gasteiger partial charge in [-0.15, -0.1) is 0 Å². The summed E-state index contributed by atoms with van der Waals surface area (Å²) in [6.45, 7) is 5.33. The Morgan fingerprint density at radius 2 is 2.15 bits per heavy atom. The number of rotatable bonds is 5. The summed E-state index contributed by atoms with van der Waals surface area (Å²) in [5.41, 5.74) is 0.957. The molecule has 1 atom stereocenters. The van der Waals surface area contributed by atoms with E-state index in [0.717, 1.165) is 24.5 Å². The zero-order valence-electron chi connectivity index (χ0n) is 12.1. The standard InChI is InChI=1S/C17H23NO2/c1-15-5-4-11-18(15)12-14-20-17-9-7-16(8-10-17)6-2-3-13-19/h7-10,15,19H,3-5,11-14H2,1H3. The van der Waals surface area contributed by atoms with Crippen molar-refractivity contribution in [1.29, 1.82) is 0 Å². The quantitative estimate of drug-likeness (QED) is 0.836.